The lowest BCUT2D eigenvalue weighted by Gasteiger charge is -2.35. The fourth-order valence-corrected chi connectivity index (χ4v) is 4.99. The summed E-state index contributed by atoms with van der Waals surface area (Å²) >= 11 is 2.04. The highest BCUT2D eigenvalue weighted by Crippen LogP contribution is 2.50. The average Bonchev–Trinajstić information content (AvgIpc) is 2.33. The lowest BCUT2D eigenvalue weighted by atomic mass is 9.97. The lowest BCUT2D eigenvalue weighted by molar-refractivity contribution is 0.0848. The van der Waals surface area contributed by atoms with Crippen molar-refractivity contribution in [3.63, 3.8) is 0 Å². The maximum Gasteiger partial charge on any atom is 0.0814 e. The molecule has 0 spiro atoms. The van der Waals surface area contributed by atoms with Crippen molar-refractivity contribution < 1.29 is 5.11 Å². The van der Waals surface area contributed by atoms with Gasteiger partial charge in [0.05, 0.1) is 6.10 Å². The van der Waals surface area contributed by atoms with Gasteiger partial charge in [-0.3, -0.25) is 4.90 Å². The van der Waals surface area contributed by atoms with E-state index in [4.69, 9.17) is 0 Å². The van der Waals surface area contributed by atoms with Crippen molar-refractivity contribution in [2.45, 2.75) is 47.9 Å². The van der Waals surface area contributed by atoms with Crippen molar-refractivity contribution in [3.8, 4) is 0 Å². The molecule has 0 aromatic heterocycles. The number of rotatable bonds is 0. The van der Waals surface area contributed by atoms with Gasteiger partial charge in [0.2, 0.25) is 0 Å². The molecule has 3 fully saturated rings. The summed E-state index contributed by atoms with van der Waals surface area (Å²) in [6.07, 6.45) is 3.72. The van der Waals surface area contributed by atoms with Crippen LogP contribution in [0.25, 0.3) is 0 Å². The maximum absolute atomic E-state index is 9.99. The molecule has 12 heavy (non-hydrogen) atoms. The van der Waals surface area contributed by atoms with Crippen LogP contribution in [0.1, 0.15) is 19.3 Å². The molecule has 3 heterocycles. The van der Waals surface area contributed by atoms with E-state index >= 15 is 0 Å². The molecular weight excluding hydrogens is 170 g/mol. The number of nitrogens with zero attached hydrogens (tertiary/aromatic N) is 1. The summed E-state index contributed by atoms with van der Waals surface area (Å²) in [5.41, 5.74) is 0. The molecule has 1 N–H and O–H groups in total. The summed E-state index contributed by atoms with van der Waals surface area (Å²) in [6, 6.07) is 1.25. The van der Waals surface area contributed by atoms with Crippen LogP contribution < -0.4 is 0 Å². The molecule has 0 aliphatic carbocycles. The van der Waals surface area contributed by atoms with Gasteiger partial charge in [0, 0.05) is 22.6 Å². The number of hydrogen-bond acceptors (Lipinski definition) is 3. The molecule has 0 radical (unpaired) electrons. The summed E-state index contributed by atoms with van der Waals surface area (Å²) in [5.74, 6) is 0. The van der Waals surface area contributed by atoms with Crippen molar-refractivity contribution >= 4 is 11.8 Å². The van der Waals surface area contributed by atoms with Crippen LogP contribution in [0.15, 0.2) is 0 Å². The molecule has 3 aliphatic heterocycles. The molecule has 3 saturated heterocycles. The van der Waals surface area contributed by atoms with Gasteiger partial charge in [-0.25, -0.2) is 0 Å². The van der Waals surface area contributed by atoms with Gasteiger partial charge in [-0.05, 0) is 26.3 Å². The Morgan fingerprint density at radius 1 is 1.25 bits per heavy atom. The molecule has 0 amide bonds. The molecule has 68 valence electrons. The van der Waals surface area contributed by atoms with Crippen LogP contribution >= 0.6 is 11.8 Å². The molecule has 3 bridgehead atoms. The van der Waals surface area contributed by atoms with Gasteiger partial charge in [0.25, 0.3) is 0 Å². The van der Waals surface area contributed by atoms with Gasteiger partial charge < -0.3 is 5.11 Å². The first kappa shape index (κ1) is 7.65. The lowest BCUT2D eigenvalue weighted by Crippen LogP contribution is -2.42. The Labute approximate surface area is 77.3 Å². The highest BCUT2D eigenvalue weighted by Gasteiger charge is 2.52. The minimum Gasteiger partial charge on any atom is -0.390 e. The van der Waals surface area contributed by atoms with E-state index in [9.17, 15) is 5.11 Å². The first-order chi connectivity index (χ1) is 5.77. The van der Waals surface area contributed by atoms with E-state index in [1.165, 1.54) is 19.3 Å². The minimum absolute atomic E-state index is 0.0521. The van der Waals surface area contributed by atoms with Crippen LogP contribution in [0, 0.1) is 0 Å². The number of hydrogen-bond donors (Lipinski definition) is 1. The highest BCUT2D eigenvalue weighted by molar-refractivity contribution is 8.00. The minimum atomic E-state index is -0.0521. The van der Waals surface area contributed by atoms with E-state index in [2.05, 4.69) is 11.9 Å². The molecule has 3 rings (SSSR count). The molecule has 1 unspecified atom stereocenters. The smallest absolute Gasteiger partial charge is 0.0814 e. The van der Waals surface area contributed by atoms with Gasteiger partial charge in [0.15, 0.2) is 0 Å². The topological polar surface area (TPSA) is 23.5 Å². The Kier molecular flexibility index (Phi) is 1.53. The summed E-state index contributed by atoms with van der Waals surface area (Å²) in [7, 11) is 2.19. The molecule has 3 heteroatoms. The van der Waals surface area contributed by atoms with Crippen LogP contribution in [0.3, 0.4) is 0 Å². The maximum atomic E-state index is 9.99. The van der Waals surface area contributed by atoms with Crippen molar-refractivity contribution in [2.24, 2.45) is 0 Å². The molecule has 0 aromatic carbocycles. The van der Waals surface area contributed by atoms with E-state index in [-0.39, 0.29) is 6.10 Å². The second-order valence-corrected chi connectivity index (χ2v) is 5.80. The molecule has 0 aromatic rings. The van der Waals surface area contributed by atoms with Crippen LogP contribution in [0.2, 0.25) is 0 Å². The quantitative estimate of drug-likeness (QED) is 0.601. The standard InChI is InChI=1S/C9H15NOS/c1-10-5-2-3-7-9(11)6(10)4-8(5)12-7/h5-9,11H,2-4H2,1H3/t5-,6+,7+,8-,9?/m1/s1. The van der Waals surface area contributed by atoms with Gasteiger partial charge in [-0.2, -0.15) is 11.8 Å². The number of aliphatic hydroxyl groups excluding tert-OH is 1. The molecule has 2 nitrogen and oxygen atoms in total. The van der Waals surface area contributed by atoms with Crippen molar-refractivity contribution in [1.29, 1.82) is 0 Å². The van der Waals surface area contributed by atoms with E-state index in [1.807, 2.05) is 11.8 Å². The number of aliphatic hydroxyl groups is 1. The molecule has 0 saturated carbocycles. The molecule has 3 aliphatic rings. The van der Waals surface area contributed by atoms with Gasteiger partial charge in [0.1, 0.15) is 0 Å². The number of likely N-dealkylation sites (tertiary alicyclic amines) is 1. The second-order valence-electron chi connectivity index (χ2n) is 4.32. The zero-order valence-corrected chi connectivity index (χ0v) is 8.13. The van der Waals surface area contributed by atoms with Gasteiger partial charge in [-0.15, -0.1) is 0 Å². The third-order valence-electron chi connectivity index (χ3n) is 3.82. The van der Waals surface area contributed by atoms with Crippen molar-refractivity contribution in [3.05, 3.63) is 0 Å². The highest BCUT2D eigenvalue weighted by atomic mass is 32.2. The van der Waals surface area contributed by atoms with Gasteiger partial charge >= 0.3 is 0 Å². The van der Waals surface area contributed by atoms with Crippen LogP contribution in [0.5, 0.6) is 0 Å². The Balaban J connectivity index is 1.98. The second kappa shape index (κ2) is 2.40. The Bertz CT molecular complexity index is 205. The Hall–Kier alpha value is 0.270. The first-order valence-corrected chi connectivity index (χ1v) is 5.77. The third kappa shape index (κ3) is 0.797. The normalized spacial score (nSPS) is 58.0. The van der Waals surface area contributed by atoms with E-state index in [0.29, 0.717) is 11.3 Å². The molecular formula is C9H15NOS. The third-order valence-corrected chi connectivity index (χ3v) is 5.54. The van der Waals surface area contributed by atoms with Crippen molar-refractivity contribution in [1.82, 2.24) is 4.90 Å². The average molecular weight is 185 g/mol. The first-order valence-electron chi connectivity index (χ1n) is 4.83. The number of likely N-dealkylation sites (N-methyl/N-ethyl adjacent to an activating group) is 1. The fourth-order valence-electron chi connectivity index (χ4n) is 3.11. The Morgan fingerprint density at radius 2 is 2.08 bits per heavy atom. The Morgan fingerprint density at radius 3 is 2.92 bits per heavy atom. The van der Waals surface area contributed by atoms with Gasteiger partial charge in [-0.1, -0.05) is 0 Å². The monoisotopic (exact) mass is 185 g/mol. The summed E-state index contributed by atoms with van der Waals surface area (Å²) in [6.45, 7) is 0. The van der Waals surface area contributed by atoms with Crippen LogP contribution in [-0.4, -0.2) is 45.7 Å². The fraction of sp³-hybridized carbons (Fsp3) is 1.00. The van der Waals surface area contributed by atoms with Crippen molar-refractivity contribution in [2.75, 3.05) is 7.05 Å². The van der Waals surface area contributed by atoms with E-state index in [0.717, 1.165) is 11.3 Å². The predicted octanol–water partition coefficient (Wildman–Crippen LogP) is 0.698. The SMILES string of the molecule is CN1[C@@H]2CC[C@@H]3S[C@@H]2C[C@H]1C3O. The number of fused-ring (bicyclic) bond motifs is 2. The predicted molar refractivity (Wildman–Crippen MR) is 50.4 cm³/mol. The zero-order valence-electron chi connectivity index (χ0n) is 7.31. The summed E-state index contributed by atoms with van der Waals surface area (Å²) in [4.78, 5) is 2.43. The largest absolute Gasteiger partial charge is 0.390 e. The van der Waals surface area contributed by atoms with Crippen LogP contribution in [0.4, 0.5) is 0 Å². The molecule has 5 atom stereocenters. The van der Waals surface area contributed by atoms with E-state index < -0.39 is 0 Å². The summed E-state index contributed by atoms with van der Waals surface area (Å²) in [5, 5.41) is 11.4. The zero-order chi connectivity index (χ0) is 8.29. The van der Waals surface area contributed by atoms with E-state index in [1.54, 1.807) is 0 Å². The summed E-state index contributed by atoms with van der Waals surface area (Å²) < 4.78 is 0. The van der Waals surface area contributed by atoms with Crippen LogP contribution in [-0.2, 0) is 0 Å². The number of thioether (sulfide) groups is 1.